The summed E-state index contributed by atoms with van der Waals surface area (Å²) in [5.41, 5.74) is 6.31. The summed E-state index contributed by atoms with van der Waals surface area (Å²) in [4.78, 5) is 25.2. The molecule has 1 aromatic carbocycles. The monoisotopic (exact) mass is 360 g/mol. The van der Waals surface area contributed by atoms with Crippen LogP contribution in [0.1, 0.15) is 0 Å². The van der Waals surface area contributed by atoms with E-state index in [1.807, 2.05) is 17.5 Å². The standard InChI is InChI=1S/C16H13ClN4O2S/c17-10-4-1-2-5-12(10)19-15(22)9-21-16(23)11(18)8-13(20-21)14-6-3-7-24-14/h1-8H,9,18H2,(H,19,22). The second-order valence-corrected chi connectivity index (χ2v) is 6.31. The van der Waals surface area contributed by atoms with Crippen molar-refractivity contribution >= 4 is 40.2 Å². The number of nitrogens with zero attached hydrogens (tertiary/aromatic N) is 2. The van der Waals surface area contributed by atoms with Gasteiger partial charge in [-0.2, -0.15) is 5.10 Å². The number of anilines is 2. The molecule has 2 heterocycles. The van der Waals surface area contributed by atoms with Crippen LogP contribution >= 0.6 is 22.9 Å². The number of carbonyl (C=O) groups excluding carboxylic acids is 1. The molecule has 0 aliphatic heterocycles. The molecule has 0 aliphatic carbocycles. The van der Waals surface area contributed by atoms with E-state index in [0.29, 0.717) is 16.4 Å². The highest BCUT2D eigenvalue weighted by Crippen LogP contribution is 2.23. The minimum atomic E-state index is -0.510. The number of halogens is 1. The summed E-state index contributed by atoms with van der Waals surface area (Å²) in [5, 5.41) is 9.18. The molecule has 3 aromatic rings. The van der Waals surface area contributed by atoms with E-state index < -0.39 is 11.5 Å². The van der Waals surface area contributed by atoms with E-state index in [0.717, 1.165) is 9.56 Å². The Morgan fingerprint density at radius 2 is 2.08 bits per heavy atom. The lowest BCUT2D eigenvalue weighted by atomic mass is 10.3. The van der Waals surface area contributed by atoms with Gasteiger partial charge in [0.25, 0.3) is 5.56 Å². The number of amides is 1. The zero-order valence-corrected chi connectivity index (χ0v) is 14.0. The predicted molar refractivity (Wildman–Crippen MR) is 96.3 cm³/mol. The molecule has 6 nitrogen and oxygen atoms in total. The third kappa shape index (κ3) is 3.47. The van der Waals surface area contributed by atoms with E-state index in [1.54, 1.807) is 24.3 Å². The number of para-hydroxylation sites is 1. The first-order chi connectivity index (χ1) is 11.5. The summed E-state index contributed by atoms with van der Waals surface area (Å²) in [6.45, 7) is -0.256. The Hall–Kier alpha value is -2.64. The number of nitrogens with one attached hydrogen (secondary N) is 1. The van der Waals surface area contributed by atoms with Crippen molar-refractivity contribution in [3.63, 3.8) is 0 Å². The van der Waals surface area contributed by atoms with Crippen LogP contribution in [0.25, 0.3) is 10.6 Å². The molecule has 24 heavy (non-hydrogen) atoms. The Bertz CT molecular complexity index is 938. The molecule has 0 saturated carbocycles. The van der Waals surface area contributed by atoms with Crippen molar-refractivity contribution in [2.24, 2.45) is 0 Å². The van der Waals surface area contributed by atoms with Crippen LogP contribution in [0.3, 0.4) is 0 Å². The molecule has 3 N–H and O–H groups in total. The molecular formula is C16H13ClN4O2S. The Labute approximate surface area is 146 Å². The van der Waals surface area contributed by atoms with E-state index in [1.165, 1.54) is 17.4 Å². The van der Waals surface area contributed by atoms with E-state index in [4.69, 9.17) is 17.3 Å². The van der Waals surface area contributed by atoms with Gasteiger partial charge in [0.15, 0.2) is 0 Å². The van der Waals surface area contributed by atoms with Crippen LogP contribution in [0.15, 0.2) is 52.6 Å². The molecule has 0 unspecified atom stereocenters. The van der Waals surface area contributed by atoms with Crippen LogP contribution in [0.5, 0.6) is 0 Å². The second kappa shape index (κ2) is 6.86. The molecule has 2 aromatic heterocycles. The number of nitrogens with two attached hydrogens (primary N) is 1. The minimum absolute atomic E-state index is 0.0407. The smallest absolute Gasteiger partial charge is 0.290 e. The molecule has 0 atom stereocenters. The van der Waals surface area contributed by atoms with Crippen molar-refractivity contribution in [1.29, 1.82) is 0 Å². The van der Waals surface area contributed by atoms with Gasteiger partial charge in [0.05, 0.1) is 15.6 Å². The van der Waals surface area contributed by atoms with Crippen LogP contribution < -0.4 is 16.6 Å². The summed E-state index contributed by atoms with van der Waals surface area (Å²) in [6, 6.07) is 12.1. The lowest BCUT2D eigenvalue weighted by molar-refractivity contribution is -0.117. The van der Waals surface area contributed by atoms with Crippen molar-refractivity contribution in [3.8, 4) is 10.6 Å². The fourth-order valence-electron chi connectivity index (χ4n) is 2.10. The normalized spacial score (nSPS) is 10.5. The maximum atomic E-state index is 12.2. The number of aromatic nitrogens is 2. The quantitative estimate of drug-likeness (QED) is 0.748. The minimum Gasteiger partial charge on any atom is -0.394 e. The van der Waals surface area contributed by atoms with Gasteiger partial charge >= 0.3 is 0 Å². The first kappa shape index (κ1) is 16.2. The molecule has 0 spiro atoms. The third-order valence-electron chi connectivity index (χ3n) is 3.22. The van der Waals surface area contributed by atoms with E-state index >= 15 is 0 Å². The third-order valence-corrected chi connectivity index (χ3v) is 4.44. The molecule has 0 radical (unpaired) electrons. The SMILES string of the molecule is Nc1cc(-c2cccs2)nn(CC(=O)Nc2ccccc2Cl)c1=O. The van der Waals surface area contributed by atoms with Gasteiger partial charge in [-0.05, 0) is 29.6 Å². The van der Waals surface area contributed by atoms with Gasteiger partial charge in [0.2, 0.25) is 5.91 Å². The highest BCUT2D eigenvalue weighted by Gasteiger charge is 2.12. The van der Waals surface area contributed by atoms with Crippen LogP contribution in [-0.4, -0.2) is 15.7 Å². The van der Waals surface area contributed by atoms with Crippen molar-refractivity contribution in [2.75, 3.05) is 11.1 Å². The van der Waals surface area contributed by atoms with Gasteiger partial charge in [-0.25, -0.2) is 4.68 Å². The summed E-state index contributed by atoms with van der Waals surface area (Å²) in [5.74, 6) is -0.416. The van der Waals surface area contributed by atoms with Gasteiger partial charge < -0.3 is 11.1 Å². The zero-order chi connectivity index (χ0) is 17.1. The van der Waals surface area contributed by atoms with Crippen molar-refractivity contribution in [2.45, 2.75) is 6.54 Å². The lowest BCUT2D eigenvalue weighted by Crippen LogP contribution is -2.31. The highest BCUT2D eigenvalue weighted by molar-refractivity contribution is 7.13. The predicted octanol–water partition coefficient (Wildman–Crippen LogP) is 2.85. The molecule has 0 aliphatic rings. The molecule has 3 rings (SSSR count). The molecule has 8 heteroatoms. The largest absolute Gasteiger partial charge is 0.394 e. The fourth-order valence-corrected chi connectivity index (χ4v) is 2.97. The summed E-state index contributed by atoms with van der Waals surface area (Å²) >= 11 is 7.47. The molecule has 122 valence electrons. The summed E-state index contributed by atoms with van der Waals surface area (Å²) < 4.78 is 1.05. The maximum absolute atomic E-state index is 12.2. The van der Waals surface area contributed by atoms with Crippen molar-refractivity contribution in [1.82, 2.24) is 9.78 Å². The Morgan fingerprint density at radius 1 is 1.29 bits per heavy atom. The van der Waals surface area contributed by atoms with E-state index in [-0.39, 0.29) is 12.2 Å². The number of thiophene rings is 1. The zero-order valence-electron chi connectivity index (χ0n) is 12.4. The first-order valence-corrected chi connectivity index (χ1v) is 8.26. The second-order valence-electron chi connectivity index (χ2n) is 4.95. The van der Waals surface area contributed by atoms with E-state index in [9.17, 15) is 9.59 Å². The Balaban J connectivity index is 1.85. The number of rotatable bonds is 4. The lowest BCUT2D eigenvalue weighted by Gasteiger charge is -2.09. The molecule has 0 fully saturated rings. The number of hydrogen-bond donors (Lipinski definition) is 2. The van der Waals surface area contributed by atoms with Gasteiger partial charge in [-0.15, -0.1) is 11.3 Å². The van der Waals surface area contributed by atoms with Crippen molar-refractivity contribution < 1.29 is 4.79 Å². The Morgan fingerprint density at radius 3 is 2.79 bits per heavy atom. The molecular weight excluding hydrogens is 348 g/mol. The van der Waals surface area contributed by atoms with Crippen LogP contribution in [0.2, 0.25) is 5.02 Å². The molecule has 0 saturated heterocycles. The van der Waals surface area contributed by atoms with Crippen LogP contribution in [0, 0.1) is 0 Å². The molecule has 0 bridgehead atoms. The molecule has 1 amide bonds. The topological polar surface area (TPSA) is 90.0 Å². The first-order valence-electron chi connectivity index (χ1n) is 7.00. The average Bonchev–Trinajstić information content (AvgIpc) is 3.08. The fraction of sp³-hybridized carbons (Fsp3) is 0.0625. The maximum Gasteiger partial charge on any atom is 0.290 e. The van der Waals surface area contributed by atoms with Gasteiger partial charge in [-0.1, -0.05) is 29.8 Å². The number of benzene rings is 1. The summed E-state index contributed by atoms with van der Waals surface area (Å²) in [7, 11) is 0. The summed E-state index contributed by atoms with van der Waals surface area (Å²) in [6.07, 6.45) is 0. The van der Waals surface area contributed by atoms with Crippen LogP contribution in [0.4, 0.5) is 11.4 Å². The number of nitrogen functional groups attached to an aromatic ring is 1. The van der Waals surface area contributed by atoms with Gasteiger partial charge in [-0.3, -0.25) is 9.59 Å². The van der Waals surface area contributed by atoms with Crippen LogP contribution in [-0.2, 0) is 11.3 Å². The van der Waals surface area contributed by atoms with E-state index in [2.05, 4.69) is 10.4 Å². The Kier molecular flexibility index (Phi) is 4.64. The number of carbonyl (C=O) groups is 1. The van der Waals surface area contributed by atoms with Gasteiger partial charge in [0, 0.05) is 0 Å². The highest BCUT2D eigenvalue weighted by atomic mass is 35.5. The van der Waals surface area contributed by atoms with Crippen molar-refractivity contribution in [3.05, 3.63) is 63.2 Å². The number of hydrogen-bond acceptors (Lipinski definition) is 5. The average molecular weight is 361 g/mol. The van der Waals surface area contributed by atoms with Gasteiger partial charge in [0.1, 0.15) is 17.9 Å².